The van der Waals surface area contributed by atoms with Crippen molar-refractivity contribution < 1.29 is 49.7 Å². The maximum atomic E-state index is 13.1. The van der Waals surface area contributed by atoms with Gasteiger partial charge in [0.15, 0.2) is 0 Å². The van der Waals surface area contributed by atoms with Crippen LogP contribution in [0.15, 0.2) is 30.3 Å². The average Bonchev–Trinajstić information content (AvgIpc) is 2.71. The van der Waals surface area contributed by atoms with E-state index in [9.17, 15) is 40.2 Å². The molecule has 10 heteroatoms. The second-order valence-electron chi connectivity index (χ2n) is 8.01. The highest BCUT2D eigenvalue weighted by molar-refractivity contribution is 6.16. The number of hydrogen-bond donors (Lipinski definition) is 6. The summed E-state index contributed by atoms with van der Waals surface area (Å²) in [6, 6.07) is 6.58. The number of aryl methyl sites for hydroxylation is 1. The fourth-order valence-corrected chi connectivity index (χ4v) is 4.43. The van der Waals surface area contributed by atoms with Gasteiger partial charge >= 0.3 is 5.97 Å². The zero-order valence-electron chi connectivity index (χ0n) is 17.1. The molecule has 6 N–H and O–H groups in total. The second kappa shape index (κ2) is 7.54. The van der Waals surface area contributed by atoms with E-state index in [1.165, 1.54) is 30.3 Å². The van der Waals surface area contributed by atoms with E-state index < -0.39 is 59.6 Å². The Morgan fingerprint density at radius 3 is 2.31 bits per heavy atom. The molecule has 1 fully saturated rings. The molecule has 1 saturated heterocycles. The maximum Gasteiger partial charge on any atom is 0.305 e. The van der Waals surface area contributed by atoms with Crippen molar-refractivity contribution in [2.75, 3.05) is 0 Å². The quantitative estimate of drug-likeness (QED) is 0.332. The largest absolute Gasteiger partial charge is 0.507 e. The third kappa shape index (κ3) is 3.07. The van der Waals surface area contributed by atoms with Crippen LogP contribution < -0.4 is 0 Å². The molecule has 1 aliphatic heterocycles. The number of ether oxygens (including phenoxy) is 2. The van der Waals surface area contributed by atoms with Gasteiger partial charge in [0.2, 0.25) is 12.1 Å². The molecule has 2 aromatic carbocycles. The third-order valence-corrected chi connectivity index (χ3v) is 5.84. The average molecular weight is 446 g/mol. The minimum Gasteiger partial charge on any atom is -0.507 e. The SMILES string of the molecule is CC(=O)O[C@H]1O[C@H]([C@]2(O)c3cccc(O)c3C(=O)c3c(O)cc(C)cc32)[C@H](O)[C@@H](O)[C@@H]1O. The number of aromatic hydroxyl groups is 2. The van der Waals surface area contributed by atoms with Gasteiger partial charge in [0.25, 0.3) is 0 Å². The highest BCUT2D eigenvalue weighted by Gasteiger charge is 2.58. The van der Waals surface area contributed by atoms with Gasteiger partial charge in [-0.25, -0.2) is 0 Å². The molecule has 0 amide bonds. The number of fused-ring (bicyclic) bond motifs is 2. The summed E-state index contributed by atoms with van der Waals surface area (Å²) >= 11 is 0. The molecule has 0 saturated carbocycles. The molecule has 32 heavy (non-hydrogen) atoms. The molecule has 0 radical (unpaired) electrons. The predicted molar refractivity (Wildman–Crippen MR) is 106 cm³/mol. The van der Waals surface area contributed by atoms with Crippen molar-refractivity contribution in [3.8, 4) is 11.5 Å². The lowest BCUT2D eigenvalue weighted by Crippen LogP contribution is -2.65. The number of hydrogen-bond acceptors (Lipinski definition) is 10. The Bertz CT molecular complexity index is 1110. The first-order valence-corrected chi connectivity index (χ1v) is 9.79. The van der Waals surface area contributed by atoms with Crippen molar-refractivity contribution in [3.05, 3.63) is 58.1 Å². The topological polar surface area (TPSA) is 174 Å². The first kappa shape index (κ1) is 22.2. The zero-order chi connectivity index (χ0) is 23.5. The van der Waals surface area contributed by atoms with Crippen molar-refractivity contribution in [1.82, 2.24) is 0 Å². The third-order valence-electron chi connectivity index (χ3n) is 5.84. The minimum absolute atomic E-state index is 0.146. The lowest BCUT2D eigenvalue weighted by Gasteiger charge is -2.48. The Balaban J connectivity index is 1.99. The van der Waals surface area contributed by atoms with Gasteiger partial charge < -0.3 is 40.1 Å². The number of phenols is 2. The highest BCUT2D eigenvalue weighted by Crippen LogP contribution is 2.50. The lowest BCUT2D eigenvalue weighted by molar-refractivity contribution is -0.313. The van der Waals surface area contributed by atoms with E-state index >= 15 is 0 Å². The van der Waals surface area contributed by atoms with Gasteiger partial charge in [-0.1, -0.05) is 18.2 Å². The molecule has 1 aliphatic carbocycles. The van der Waals surface area contributed by atoms with Crippen LogP contribution in [0.25, 0.3) is 0 Å². The molecule has 6 atom stereocenters. The number of aliphatic hydroxyl groups is 4. The number of aliphatic hydroxyl groups excluding tert-OH is 3. The van der Waals surface area contributed by atoms with Crippen molar-refractivity contribution >= 4 is 11.8 Å². The van der Waals surface area contributed by atoms with Crippen LogP contribution in [0.3, 0.4) is 0 Å². The second-order valence-corrected chi connectivity index (χ2v) is 8.01. The van der Waals surface area contributed by atoms with E-state index in [0.717, 1.165) is 6.92 Å². The van der Waals surface area contributed by atoms with Gasteiger partial charge in [0.05, 0.1) is 11.1 Å². The van der Waals surface area contributed by atoms with Crippen molar-refractivity contribution in [2.24, 2.45) is 0 Å². The number of esters is 1. The summed E-state index contributed by atoms with van der Waals surface area (Å²) in [5.74, 6) is -2.58. The zero-order valence-corrected chi connectivity index (χ0v) is 17.1. The van der Waals surface area contributed by atoms with Gasteiger partial charge in [-0.3, -0.25) is 9.59 Å². The van der Waals surface area contributed by atoms with Crippen molar-refractivity contribution in [1.29, 1.82) is 0 Å². The summed E-state index contributed by atoms with van der Waals surface area (Å²) in [4.78, 5) is 24.6. The van der Waals surface area contributed by atoms with E-state index in [2.05, 4.69) is 0 Å². The van der Waals surface area contributed by atoms with Crippen LogP contribution >= 0.6 is 0 Å². The minimum atomic E-state index is -2.40. The van der Waals surface area contributed by atoms with E-state index in [-0.39, 0.29) is 22.3 Å². The van der Waals surface area contributed by atoms with E-state index in [1.807, 2.05) is 0 Å². The summed E-state index contributed by atoms with van der Waals surface area (Å²) in [5, 5.41) is 64.3. The van der Waals surface area contributed by atoms with Gasteiger partial charge in [0, 0.05) is 18.1 Å². The normalized spacial score (nSPS) is 31.6. The Morgan fingerprint density at radius 2 is 1.66 bits per heavy atom. The number of ketones is 1. The summed E-state index contributed by atoms with van der Waals surface area (Å²) in [6.07, 6.45) is -9.17. The number of carbonyl (C=O) groups excluding carboxylic acids is 2. The molecular formula is C22H22O10. The molecule has 4 rings (SSSR count). The highest BCUT2D eigenvalue weighted by atomic mass is 16.7. The molecule has 0 bridgehead atoms. The van der Waals surface area contributed by atoms with E-state index in [4.69, 9.17) is 9.47 Å². The molecule has 2 aromatic rings. The number of benzene rings is 2. The van der Waals surface area contributed by atoms with Crippen LogP contribution in [0.4, 0.5) is 0 Å². The smallest absolute Gasteiger partial charge is 0.305 e. The Kier molecular flexibility index (Phi) is 5.23. The lowest BCUT2D eigenvalue weighted by atomic mass is 9.68. The van der Waals surface area contributed by atoms with Crippen LogP contribution in [0.1, 0.15) is 39.5 Å². The van der Waals surface area contributed by atoms with Crippen LogP contribution in [0.2, 0.25) is 0 Å². The first-order chi connectivity index (χ1) is 15.0. The summed E-state index contributed by atoms with van der Waals surface area (Å²) in [5.41, 5.74) is -2.91. The van der Waals surface area contributed by atoms with Gasteiger partial charge in [-0.15, -0.1) is 0 Å². The standard InChI is InChI=1S/C22H22O10/c1-8-6-11-15(13(25)7-8)16(26)14-10(4-3-5-12(14)24)22(11,30)20-18(28)17(27)19(29)21(32-20)31-9(2)23/h3-7,17-21,24-25,27-30H,1-2H3/t17-,18-,19+,20+,21+,22+/m1/s1. The summed E-state index contributed by atoms with van der Waals surface area (Å²) < 4.78 is 10.5. The molecule has 170 valence electrons. The fraction of sp³-hybridized carbons (Fsp3) is 0.364. The molecule has 0 unspecified atom stereocenters. The van der Waals surface area contributed by atoms with E-state index in [1.54, 1.807) is 6.92 Å². The molecule has 2 aliphatic rings. The Labute approximate surface area is 181 Å². The Morgan fingerprint density at radius 1 is 1.00 bits per heavy atom. The van der Waals surface area contributed by atoms with Gasteiger partial charge in [-0.2, -0.15) is 0 Å². The van der Waals surface area contributed by atoms with E-state index in [0.29, 0.717) is 5.56 Å². The van der Waals surface area contributed by atoms with Crippen LogP contribution in [-0.4, -0.2) is 73.1 Å². The van der Waals surface area contributed by atoms with Crippen LogP contribution in [0, 0.1) is 6.92 Å². The monoisotopic (exact) mass is 446 g/mol. The van der Waals surface area contributed by atoms with Crippen molar-refractivity contribution in [2.45, 2.75) is 50.2 Å². The number of carbonyl (C=O) groups is 2. The maximum absolute atomic E-state index is 13.1. The van der Waals surface area contributed by atoms with Gasteiger partial charge in [0.1, 0.15) is 41.5 Å². The molecule has 0 aromatic heterocycles. The molecule has 10 nitrogen and oxygen atoms in total. The first-order valence-electron chi connectivity index (χ1n) is 9.79. The molecule has 0 spiro atoms. The predicted octanol–water partition coefficient (Wildman–Crippen LogP) is -0.443. The van der Waals surface area contributed by atoms with Gasteiger partial charge in [-0.05, 0) is 24.6 Å². The molecule has 1 heterocycles. The number of rotatable bonds is 2. The molecular weight excluding hydrogens is 424 g/mol. The Hall–Kier alpha value is -3.02. The summed E-state index contributed by atoms with van der Waals surface area (Å²) in [6.45, 7) is 2.64. The summed E-state index contributed by atoms with van der Waals surface area (Å²) in [7, 11) is 0. The number of phenolic OH excluding ortho intramolecular Hbond substituents is 2. The van der Waals surface area contributed by atoms with Crippen molar-refractivity contribution in [3.63, 3.8) is 0 Å². The van der Waals surface area contributed by atoms with Crippen LogP contribution in [0.5, 0.6) is 11.5 Å². The van der Waals surface area contributed by atoms with Crippen LogP contribution in [-0.2, 0) is 19.9 Å². The fourth-order valence-electron chi connectivity index (χ4n) is 4.43.